The smallest absolute Gasteiger partial charge is 0.439 e. The van der Waals surface area contributed by atoms with E-state index in [-0.39, 0.29) is 36.1 Å². The molecule has 38 heavy (non-hydrogen) atoms. The van der Waals surface area contributed by atoms with Crippen molar-refractivity contribution >= 4 is 29.6 Å². The second-order valence-electron chi connectivity index (χ2n) is 11.8. The van der Waals surface area contributed by atoms with Gasteiger partial charge in [0.1, 0.15) is 12.1 Å². The molecule has 2 aliphatic heterocycles. The summed E-state index contributed by atoms with van der Waals surface area (Å²) in [5.41, 5.74) is -1.41. The Morgan fingerprint density at radius 2 is 1.84 bits per heavy atom. The fourth-order valence-electron chi connectivity index (χ4n) is 5.54. The van der Waals surface area contributed by atoms with Crippen LogP contribution in [0.2, 0.25) is 0 Å². The highest BCUT2D eigenvalue weighted by Gasteiger charge is 2.70. The normalized spacial score (nSPS) is 27.5. The summed E-state index contributed by atoms with van der Waals surface area (Å²) in [6.45, 7) is 12.3. The highest BCUT2D eigenvalue weighted by Crippen LogP contribution is 2.65. The van der Waals surface area contributed by atoms with Crippen LogP contribution in [-0.2, 0) is 28.7 Å². The van der Waals surface area contributed by atoms with E-state index in [2.05, 4.69) is 17.2 Å². The number of ether oxygens (including phenoxy) is 1. The fraction of sp³-hybridized carbons (Fsp3) is 0.720. The molecule has 4 amide bonds. The van der Waals surface area contributed by atoms with E-state index >= 15 is 0 Å². The van der Waals surface area contributed by atoms with Crippen molar-refractivity contribution in [3.8, 4) is 0 Å². The molecule has 2 saturated heterocycles. The number of likely N-dealkylation sites (tertiary alicyclic amines) is 1. The molecule has 0 aromatic carbocycles. The van der Waals surface area contributed by atoms with Crippen molar-refractivity contribution < 1.29 is 41.9 Å². The third kappa shape index (κ3) is 5.96. The first kappa shape index (κ1) is 29.4. The van der Waals surface area contributed by atoms with E-state index in [4.69, 9.17) is 4.74 Å². The lowest BCUT2D eigenvalue weighted by molar-refractivity contribution is -0.176. The van der Waals surface area contributed by atoms with Gasteiger partial charge in [0.15, 0.2) is 6.23 Å². The Labute approximate surface area is 219 Å². The van der Waals surface area contributed by atoms with Gasteiger partial charge in [-0.1, -0.05) is 41.2 Å². The summed E-state index contributed by atoms with van der Waals surface area (Å²) in [6, 6.07) is -2.62. The molecule has 3 aliphatic rings. The van der Waals surface area contributed by atoms with Gasteiger partial charge in [-0.25, -0.2) is 4.79 Å². The molecule has 3 N–H and O–H groups in total. The van der Waals surface area contributed by atoms with Gasteiger partial charge in [-0.15, -0.1) is 0 Å². The predicted octanol–water partition coefficient (Wildman–Crippen LogP) is 1.26. The van der Waals surface area contributed by atoms with E-state index in [1.165, 1.54) is 25.7 Å². The van der Waals surface area contributed by atoms with Crippen LogP contribution in [0.15, 0.2) is 12.7 Å². The SMILES string of the molecule is C=CC(=O)O[C@H](C[C@@H]1CCNC1=O)NC(=O)[C@@H]1[C@@H]2[C@H](CN1C(=O)[C@@H](NC(=O)C(F)(F)F)C(C)(C)C)C2(C)C. The molecule has 0 spiro atoms. The maximum Gasteiger partial charge on any atom is 0.471 e. The number of carbonyl (C=O) groups is 5. The van der Waals surface area contributed by atoms with Gasteiger partial charge in [0.25, 0.3) is 0 Å². The lowest BCUT2D eigenvalue weighted by Crippen LogP contribution is -2.61. The number of rotatable bonds is 8. The zero-order valence-corrected chi connectivity index (χ0v) is 22.1. The van der Waals surface area contributed by atoms with Gasteiger partial charge in [-0.2, -0.15) is 13.2 Å². The molecule has 6 atom stereocenters. The van der Waals surface area contributed by atoms with Crippen LogP contribution in [0.3, 0.4) is 0 Å². The van der Waals surface area contributed by atoms with Crippen molar-refractivity contribution in [2.75, 3.05) is 13.1 Å². The Bertz CT molecular complexity index is 1020. The summed E-state index contributed by atoms with van der Waals surface area (Å²) < 4.78 is 44.3. The topological polar surface area (TPSA) is 134 Å². The number of piperidine rings is 1. The Morgan fingerprint density at radius 3 is 2.34 bits per heavy atom. The summed E-state index contributed by atoms with van der Waals surface area (Å²) in [5, 5.41) is 7.09. The largest absolute Gasteiger partial charge is 0.471 e. The highest BCUT2D eigenvalue weighted by molar-refractivity contribution is 5.95. The lowest BCUT2D eigenvalue weighted by Gasteiger charge is -2.38. The van der Waals surface area contributed by atoms with Crippen molar-refractivity contribution in [2.45, 2.75) is 71.9 Å². The lowest BCUT2D eigenvalue weighted by atomic mass is 9.85. The van der Waals surface area contributed by atoms with Crippen LogP contribution in [0, 0.1) is 28.6 Å². The number of hydrogen-bond acceptors (Lipinski definition) is 6. The predicted molar refractivity (Wildman–Crippen MR) is 128 cm³/mol. The molecule has 0 unspecified atom stereocenters. The van der Waals surface area contributed by atoms with Crippen molar-refractivity contribution in [3.05, 3.63) is 12.7 Å². The van der Waals surface area contributed by atoms with Crippen molar-refractivity contribution in [1.82, 2.24) is 20.9 Å². The van der Waals surface area contributed by atoms with Crippen LogP contribution < -0.4 is 16.0 Å². The molecule has 3 fully saturated rings. The first-order chi connectivity index (χ1) is 17.4. The van der Waals surface area contributed by atoms with Crippen LogP contribution >= 0.6 is 0 Å². The molecular formula is C25H35F3N4O6. The van der Waals surface area contributed by atoms with Gasteiger partial charge >= 0.3 is 18.1 Å². The average molecular weight is 545 g/mol. The molecule has 1 saturated carbocycles. The monoisotopic (exact) mass is 544 g/mol. The van der Waals surface area contributed by atoms with E-state index in [9.17, 15) is 37.1 Å². The van der Waals surface area contributed by atoms with E-state index in [1.54, 1.807) is 5.32 Å². The first-order valence-corrected chi connectivity index (χ1v) is 12.5. The number of nitrogens with one attached hydrogen (secondary N) is 3. The molecule has 10 nitrogen and oxygen atoms in total. The van der Waals surface area contributed by atoms with Gasteiger partial charge in [0, 0.05) is 31.5 Å². The summed E-state index contributed by atoms with van der Waals surface area (Å²) in [4.78, 5) is 64.1. The molecule has 212 valence electrons. The minimum Gasteiger partial charge on any atom is -0.439 e. The minimum absolute atomic E-state index is 0.00155. The summed E-state index contributed by atoms with van der Waals surface area (Å²) in [7, 11) is 0. The molecule has 13 heteroatoms. The maximum atomic E-state index is 13.6. The molecule has 0 bridgehead atoms. The Kier molecular flexibility index (Phi) is 7.91. The third-order valence-electron chi connectivity index (χ3n) is 7.80. The van der Waals surface area contributed by atoms with Gasteiger partial charge in [-0.05, 0) is 29.1 Å². The maximum absolute atomic E-state index is 13.6. The van der Waals surface area contributed by atoms with E-state index in [0.717, 1.165) is 6.08 Å². The Balaban J connectivity index is 1.85. The Morgan fingerprint density at radius 1 is 1.21 bits per heavy atom. The molecule has 3 rings (SSSR count). The van der Waals surface area contributed by atoms with Gasteiger partial charge < -0.3 is 25.6 Å². The fourth-order valence-corrected chi connectivity index (χ4v) is 5.54. The number of hydrogen-bond donors (Lipinski definition) is 3. The van der Waals surface area contributed by atoms with Gasteiger partial charge in [0.05, 0.1) is 0 Å². The average Bonchev–Trinajstić information content (AvgIpc) is 3.15. The third-order valence-corrected chi connectivity index (χ3v) is 7.80. The van der Waals surface area contributed by atoms with Crippen LogP contribution in [0.25, 0.3) is 0 Å². The number of alkyl halides is 3. The van der Waals surface area contributed by atoms with Crippen molar-refractivity contribution in [2.24, 2.45) is 28.6 Å². The van der Waals surface area contributed by atoms with E-state index < -0.39 is 59.5 Å². The second-order valence-corrected chi connectivity index (χ2v) is 11.8. The van der Waals surface area contributed by atoms with Gasteiger partial charge in [0.2, 0.25) is 17.7 Å². The number of esters is 1. The zero-order valence-electron chi connectivity index (χ0n) is 22.1. The van der Waals surface area contributed by atoms with Crippen LogP contribution in [-0.4, -0.2) is 72.1 Å². The van der Waals surface area contributed by atoms with E-state index in [1.807, 2.05) is 13.8 Å². The Hall–Kier alpha value is -3.12. The van der Waals surface area contributed by atoms with Crippen molar-refractivity contribution in [3.63, 3.8) is 0 Å². The second kappa shape index (κ2) is 10.2. The van der Waals surface area contributed by atoms with Gasteiger partial charge in [-0.3, -0.25) is 19.2 Å². The molecule has 2 heterocycles. The minimum atomic E-state index is -5.19. The van der Waals surface area contributed by atoms with Crippen molar-refractivity contribution in [1.29, 1.82) is 0 Å². The summed E-state index contributed by atoms with van der Waals surface area (Å²) in [6.07, 6.45) is -4.99. The molecule has 0 aromatic rings. The van der Waals surface area contributed by atoms with E-state index in [0.29, 0.717) is 13.0 Å². The number of halogens is 3. The molecule has 1 aliphatic carbocycles. The molecular weight excluding hydrogens is 509 g/mol. The summed E-state index contributed by atoms with van der Waals surface area (Å²) >= 11 is 0. The van der Waals surface area contributed by atoms with Crippen LogP contribution in [0.4, 0.5) is 13.2 Å². The molecule has 0 radical (unpaired) electrons. The number of amides is 4. The molecule has 0 aromatic heterocycles. The van der Waals surface area contributed by atoms with Crippen LogP contribution in [0.5, 0.6) is 0 Å². The number of carbonyl (C=O) groups excluding carboxylic acids is 5. The summed E-state index contributed by atoms with van der Waals surface area (Å²) in [5.74, 6) is -5.67. The number of fused-ring (bicyclic) bond motifs is 1. The first-order valence-electron chi connectivity index (χ1n) is 12.5. The number of nitrogens with zero attached hydrogens (tertiary/aromatic N) is 1. The quantitative estimate of drug-likeness (QED) is 0.239. The highest BCUT2D eigenvalue weighted by atomic mass is 19.4. The standard InChI is InChI=1S/C25H35F3N4O6/c1-7-15(33)38-14(10-12-8-9-29-19(12)34)30-20(35)17-16-13(24(16,5)6)11-32(17)21(36)18(23(2,3)4)31-22(37)25(26,27)28/h7,12-14,16-18H,1,8-11H2,2-6H3,(H,29,34)(H,30,35)(H,31,37)/t12-,13-,14+,16-,17-,18+/m0/s1. The zero-order chi connectivity index (χ0) is 28.8. The van der Waals surface area contributed by atoms with Crippen LogP contribution in [0.1, 0.15) is 47.5 Å².